The summed E-state index contributed by atoms with van der Waals surface area (Å²) in [6, 6.07) is 13.9. The summed E-state index contributed by atoms with van der Waals surface area (Å²) in [5.74, 6) is 0.922. The lowest BCUT2D eigenvalue weighted by Gasteiger charge is -2.53. The molecule has 2 saturated carbocycles. The van der Waals surface area contributed by atoms with E-state index < -0.39 is 24.4 Å². The predicted molar refractivity (Wildman–Crippen MR) is 122 cm³/mol. The van der Waals surface area contributed by atoms with Crippen molar-refractivity contribution in [2.75, 3.05) is 6.61 Å². The Morgan fingerprint density at radius 1 is 1.06 bits per heavy atom. The summed E-state index contributed by atoms with van der Waals surface area (Å²) in [6.45, 7) is -0.342. The molecular weight excluding hydrogens is 428 g/mol. The van der Waals surface area contributed by atoms with E-state index in [0.29, 0.717) is 23.0 Å². The van der Waals surface area contributed by atoms with Crippen LogP contribution in [0, 0.1) is 5.41 Å². The van der Waals surface area contributed by atoms with Crippen molar-refractivity contribution in [3.05, 3.63) is 64.2 Å². The van der Waals surface area contributed by atoms with Crippen molar-refractivity contribution >= 4 is 11.6 Å². The number of rotatable bonds is 6. The Morgan fingerprint density at radius 3 is 2.47 bits per heavy atom. The van der Waals surface area contributed by atoms with E-state index >= 15 is 0 Å². The van der Waals surface area contributed by atoms with Crippen molar-refractivity contribution in [1.29, 1.82) is 0 Å². The van der Waals surface area contributed by atoms with E-state index in [2.05, 4.69) is 12.1 Å². The van der Waals surface area contributed by atoms with Gasteiger partial charge in [-0.15, -0.1) is 0 Å². The third kappa shape index (κ3) is 4.42. The SMILES string of the molecule is OCC1O[C@H](c2ccc(Cl)c(Cc3ccc(OC4CC5(CCC5)C4)cc3)c2)CC(O)[C@@H]1O. The number of halogens is 1. The van der Waals surface area contributed by atoms with Gasteiger partial charge in [0.2, 0.25) is 0 Å². The van der Waals surface area contributed by atoms with Gasteiger partial charge in [0.15, 0.2) is 0 Å². The molecule has 0 bridgehead atoms. The van der Waals surface area contributed by atoms with E-state index in [-0.39, 0.29) is 13.0 Å². The zero-order valence-electron chi connectivity index (χ0n) is 18.1. The Kier molecular flexibility index (Phi) is 6.21. The lowest BCUT2D eigenvalue weighted by molar-refractivity contribution is -0.181. The molecule has 5 nitrogen and oxygen atoms in total. The van der Waals surface area contributed by atoms with Gasteiger partial charge in [-0.2, -0.15) is 0 Å². The van der Waals surface area contributed by atoms with Gasteiger partial charge in [0.05, 0.1) is 24.9 Å². The van der Waals surface area contributed by atoms with Gasteiger partial charge >= 0.3 is 0 Å². The van der Waals surface area contributed by atoms with Gasteiger partial charge in [-0.3, -0.25) is 0 Å². The molecule has 3 N–H and O–H groups in total. The first-order valence-corrected chi connectivity index (χ1v) is 12.0. The van der Waals surface area contributed by atoms with Crippen LogP contribution in [0.2, 0.25) is 5.02 Å². The molecule has 2 unspecified atom stereocenters. The van der Waals surface area contributed by atoms with Gasteiger partial charge in [0.1, 0.15) is 18.0 Å². The molecule has 172 valence electrons. The highest BCUT2D eigenvalue weighted by Gasteiger charge is 2.49. The maximum absolute atomic E-state index is 10.1. The van der Waals surface area contributed by atoms with Crippen LogP contribution in [0.15, 0.2) is 42.5 Å². The average molecular weight is 459 g/mol. The van der Waals surface area contributed by atoms with Crippen molar-refractivity contribution in [2.45, 2.75) is 75.5 Å². The van der Waals surface area contributed by atoms with E-state index in [1.165, 1.54) is 32.1 Å². The number of benzene rings is 2. The molecule has 0 amide bonds. The van der Waals surface area contributed by atoms with Gasteiger partial charge in [0.25, 0.3) is 0 Å². The first-order valence-electron chi connectivity index (χ1n) is 11.6. The molecule has 2 aromatic carbocycles. The largest absolute Gasteiger partial charge is 0.490 e. The fourth-order valence-electron chi connectivity index (χ4n) is 5.42. The van der Waals surface area contributed by atoms with Crippen molar-refractivity contribution in [2.24, 2.45) is 5.41 Å². The summed E-state index contributed by atoms with van der Waals surface area (Å²) < 4.78 is 12.0. The lowest BCUT2D eigenvalue weighted by Crippen LogP contribution is -2.48. The minimum Gasteiger partial charge on any atom is -0.490 e. The van der Waals surface area contributed by atoms with Crippen molar-refractivity contribution in [3.63, 3.8) is 0 Å². The number of aliphatic hydroxyl groups excluding tert-OH is 3. The monoisotopic (exact) mass is 458 g/mol. The number of hydrogen-bond donors (Lipinski definition) is 3. The van der Waals surface area contributed by atoms with Gasteiger partial charge < -0.3 is 24.8 Å². The van der Waals surface area contributed by atoms with E-state index in [0.717, 1.165) is 22.4 Å². The highest BCUT2D eigenvalue weighted by atomic mass is 35.5. The second-order valence-corrected chi connectivity index (χ2v) is 10.2. The summed E-state index contributed by atoms with van der Waals surface area (Å²) in [4.78, 5) is 0. The molecule has 1 heterocycles. The molecule has 3 aliphatic rings. The molecule has 0 aromatic heterocycles. The topological polar surface area (TPSA) is 79.2 Å². The third-order valence-electron chi connectivity index (χ3n) is 7.55. The molecular formula is C26H31ClO5. The Labute approximate surface area is 193 Å². The normalized spacial score (nSPS) is 29.4. The molecule has 1 saturated heterocycles. The van der Waals surface area contributed by atoms with Crippen molar-refractivity contribution in [3.8, 4) is 5.75 Å². The molecule has 2 aromatic rings. The Hall–Kier alpha value is -1.63. The second-order valence-electron chi connectivity index (χ2n) is 9.81. The molecule has 4 atom stereocenters. The smallest absolute Gasteiger partial charge is 0.119 e. The summed E-state index contributed by atoms with van der Waals surface area (Å²) in [6.07, 6.45) is 4.59. The van der Waals surface area contributed by atoms with Gasteiger partial charge in [-0.25, -0.2) is 0 Å². The minimum atomic E-state index is -1.08. The lowest BCUT2D eigenvalue weighted by atomic mass is 9.55. The van der Waals surface area contributed by atoms with Crippen LogP contribution in [-0.2, 0) is 11.2 Å². The predicted octanol–water partition coefficient (Wildman–Crippen LogP) is 4.19. The van der Waals surface area contributed by atoms with Crippen LogP contribution in [0.3, 0.4) is 0 Å². The summed E-state index contributed by atoms with van der Waals surface area (Å²) in [5.41, 5.74) is 3.59. The summed E-state index contributed by atoms with van der Waals surface area (Å²) in [5, 5.41) is 30.2. The number of aliphatic hydroxyl groups is 3. The Balaban J connectivity index is 1.23. The maximum atomic E-state index is 10.1. The molecule has 1 aliphatic heterocycles. The highest BCUT2D eigenvalue weighted by molar-refractivity contribution is 6.31. The van der Waals surface area contributed by atoms with Crippen LogP contribution in [0.1, 0.15) is 61.3 Å². The van der Waals surface area contributed by atoms with Crippen LogP contribution in [0.25, 0.3) is 0 Å². The third-order valence-corrected chi connectivity index (χ3v) is 7.92. The van der Waals surface area contributed by atoms with Crippen LogP contribution < -0.4 is 4.74 Å². The van der Waals surface area contributed by atoms with E-state index in [9.17, 15) is 15.3 Å². The number of hydrogen-bond acceptors (Lipinski definition) is 5. The Bertz CT molecular complexity index is 934. The van der Waals surface area contributed by atoms with Gasteiger partial charge in [-0.05, 0) is 72.4 Å². The molecule has 1 spiro atoms. The van der Waals surface area contributed by atoms with Crippen molar-refractivity contribution in [1.82, 2.24) is 0 Å². The standard InChI is InChI=1S/C26H31ClO5/c27-21-7-4-17(23-12-22(29)25(30)24(15-28)32-23)11-18(21)10-16-2-5-19(6-3-16)31-20-13-26(14-20)8-1-9-26/h2-7,11,20,22-25,28-30H,1,8-10,12-15H2/t22?,23-,24?,25-/m0/s1. The zero-order chi connectivity index (χ0) is 22.3. The molecule has 0 radical (unpaired) electrons. The van der Waals surface area contributed by atoms with E-state index in [1.54, 1.807) is 0 Å². The number of ether oxygens (including phenoxy) is 2. The first kappa shape index (κ1) is 22.2. The molecule has 5 rings (SSSR count). The van der Waals surface area contributed by atoms with E-state index in [1.807, 2.05) is 30.3 Å². The summed E-state index contributed by atoms with van der Waals surface area (Å²) >= 11 is 6.47. The van der Waals surface area contributed by atoms with Gasteiger partial charge in [0, 0.05) is 11.4 Å². The van der Waals surface area contributed by atoms with Crippen LogP contribution in [0.5, 0.6) is 5.75 Å². The Morgan fingerprint density at radius 2 is 1.81 bits per heavy atom. The second kappa shape index (κ2) is 8.96. The molecule has 6 heteroatoms. The van der Waals surface area contributed by atoms with Crippen molar-refractivity contribution < 1.29 is 24.8 Å². The average Bonchev–Trinajstić information content (AvgIpc) is 2.73. The zero-order valence-corrected chi connectivity index (χ0v) is 18.9. The summed E-state index contributed by atoms with van der Waals surface area (Å²) in [7, 11) is 0. The fraction of sp³-hybridized carbons (Fsp3) is 0.538. The van der Waals surface area contributed by atoms with Gasteiger partial charge in [-0.1, -0.05) is 42.3 Å². The molecule has 32 heavy (non-hydrogen) atoms. The highest BCUT2D eigenvalue weighted by Crippen LogP contribution is 2.56. The quantitative estimate of drug-likeness (QED) is 0.605. The van der Waals surface area contributed by atoms with Crippen LogP contribution >= 0.6 is 11.6 Å². The van der Waals surface area contributed by atoms with Crippen LogP contribution in [-0.4, -0.2) is 46.3 Å². The maximum Gasteiger partial charge on any atom is 0.119 e. The van der Waals surface area contributed by atoms with Crippen LogP contribution in [0.4, 0.5) is 0 Å². The van der Waals surface area contributed by atoms with E-state index in [4.69, 9.17) is 21.1 Å². The molecule has 2 aliphatic carbocycles. The minimum absolute atomic E-state index is 0.271. The fourth-order valence-corrected chi connectivity index (χ4v) is 5.61. The first-order chi connectivity index (χ1) is 15.4. The molecule has 3 fully saturated rings.